The van der Waals surface area contributed by atoms with E-state index in [-0.39, 0.29) is 11.9 Å². The summed E-state index contributed by atoms with van der Waals surface area (Å²) in [6.07, 6.45) is 4.34. The smallest absolute Gasteiger partial charge is 0.331 e. The van der Waals surface area contributed by atoms with E-state index in [1.165, 1.54) is 4.57 Å². The van der Waals surface area contributed by atoms with Crippen LogP contribution in [-0.4, -0.2) is 14.7 Å². The second-order valence-electron chi connectivity index (χ2n) is 4.22. The third-order valence-electron chi connectivity index (χ3n) is 3.25. The summed E-state index contributed by atoms with van der Waals surface area (Å²) in [5, 5.41) is 9.95. The zero-order valence-electron chi connectivity index (χ0n) is 9.32. The molecule has 0 radical (unpaired) electrons. The van der Waals surface area contributed by atoms with Crippen molar-refractivity contribution in [2.24, 2.45) is 0 Å². The van der Waals surface area contributed by atoms with Crippen LogP contribution < -0.4 is 11.2 Å². The van der Waals surface area contributed by atoms with Crippen molar-refractivity contribution in [2.75, 3.05) is 0 Å². The van der Waals surface area contributed by atoms with Crippen molar-refractivity contribution in [1.82, 2.24) is 9.55 Å². The first-order chi connectivity index (χ1) is 7.65. The van der Waals surface area contributed by atoms with Crippen molar-refractivity contribution in [3.63, 3.8) is 0 Å². The minimum absolute atomic E-state index is 0.0367. The van der Waals surface area contributed by atoms with E-state index in [0.717, 1.165) is 25.7 Å². The Labute approximate surface area is 92.7 Å². The van der Waals surface area contributed by atoms with Crippen molar-refractivity contribution < 1.29 is 5.11 Å². The van der Waals surface area contributed by atoms with E-state index in [2.05, 4.69) is 4.98 Å². The van der Waals surface area contributed by atoms with Crippen LogP contribution in [0.5, 0.6) is 5.88 Å². The number of nitrogens with one attached hydrogen (secondary N) is 1. The van der Waals surface area contributed by atoms with Gasteiger partial charge in [-0.2, -0.15) is 0 Å². The van der Waals surface area contributed by atoms with Gasteiger partial charge in [0, 0.05) is 6.04 Å². The Morgan fingerprint density at radius 1 is 1.38 bits per heavy atom. The molecule has 2 N–H and O–H groups in total. The van der Waals surface area contributed by atoms with Crippen LogP contribution in [-0.2, 0) is 6.42 Å². The van der Waals surface area contributed by atoms with E-state index in [4.69, 9.17) is 0 Å². The average molecular weight is 224 g/mol. The van der Waals surface area contributed by atoms with Crippen molar-refractivity contribution in [3.8, 4) is 5.88 Å². The molecule has 0 aliphatic heterocycles. The maximum absolute atomic E-state index is 11.7. The summed E-state index contributed by atoms with van der Waals surface area (Å²) >= 11 is 0. The molecule has 0 aromatic carbocycles. The molecule has 16 heavy (non-hydrogen) atoms. The molecule has 0 saturated heterocycles. The summed E-state index contributed by atoms with van der Waals surface area (Å²) in [5.74, 6) is -0.150. The van der Waals surface area contributed by atoms with E-state index in [1.54, 1.807) is 6.92 Å². The quantitative estimate of drug-likeness (QED) is 0.784. The fraction of sp³-hybridized carbons (Fsp3) is 0.636. The van der Waals surface area contributed by atoms with Crippen molar-refractivity contribution in [2.45, 2.75) is 45.1 Å². The second-order valence-corrected chi connectivity index (χ2v) is 4.22. The molecular formula is C11H16N2O3. The number of rotatable bonds is 2. The summed E-state index contributed by atoms with van der Waals surface area (Å²) in [4.78, 5) is 25.4. The Morgan fingerprint density at radius 3 is 2.56 bits per heavy atom. The number of hydrogen-bond acceptors (Lipinski definition) is 3. The number of hydrogen-bond donors (Lipinski definition) is 2. The first kappa shape index (κ1) is 11.0. The van der Waals surface area contributed by atoms with Crippen LogP contribution in [0.2, 0.25) is 0 Å². The van der Waals surface area contributed by atoms with Gasteiger partial charge in [0.2, 0.25) is 5.88 Å². The highest BCUT2D eigenvalue weighted by molar-refractivity contribution is 5.23. The van der Waals surface area contributed by atoms with E-state index in [1.807, 2.05) is 0 Å². The lowest BCUT2D eigenvalue weighted by atomic mass is 10.2. The maximum atomic E-state index is 11.7. The highest BCUT2D eigenvalue weighted by atomic mass is 16.3. The molecule has 1 fully saturated rings. The summed E-state index contributed by atoms with van der Waals surface area (Å²) in [5.41, 5.74) is -0.669. The standard InChI is InChI=1S/C11H16N2O3/c1-2-8-9(14)12-11(16)13(10(8)15)7-5-3-4-6-7/h7,15H,2-6H2,1H3,(H,12,14,16). The lowest BCUT2D eigenvalue weighted by Gasteiger charge is -2.16. The highest BCUT2D eigenvalue weighted by Crippen LogP contribution is 2.31. The Morgan fingerprint density at radius 2 is 2.00 bits per heavy atom. The molecule has 0 bridgehead atoms. The third-order valence-corrected chi connectivity index (χ3v) is 3.25. The zero-order valence-corrected chi connectivity index (χ0v) is 9.32. The molecule has 1 aliphatic rings. The topological polar surface area (TPSA) is 75.1 Å². The average Bonchev–Trinajstić information content (AvgIpc) is 2.70. The molecule has 0 spiro atoms. The van der Waals surface area contributed by atoms with E-state index >= 15 is 0 Å². The van der Waals surface area contributed by atoms with E-state index in [9.17, 15) is 14.7 Å². The van der Waals surface area contributed by atoms with Gasteiger partial charge in [0.1, 0.15) is 0 Å². The molecule has 1 aromatic heterocycles. The lowest BCUT2D eigenvalue weighted by molar-refractivity contribution is 0.357. The molecule has 1 heterocycles. The van der Waals surface area contributed by atoms with Gasteiger partial charge in [-0.1, -0.05) is 19.8 Å². The predicted molar refractivity (Wildman–Crippen MR) is 59.9 cm³/mol. The molecule has 0 unspecified atom stereocenters. The van der Waals surface area contributed by atoms with Crippen LogP contribution in [0, 0.1) is 0 Å². The van der Waals surface area contributed by atoms with Gasteiger partial charge in [0.15, 0.2) is 0 Å². The molecule has 1 saturated carbocycles. The molecule has 0 atom stereocenters. The van der Waals surface area contributed by atoms with Crippen LogP contribution in [0.3, 0.4) is 0 Å². The minimum Gasteiger partial charge on any atom is -0.494 e. The van der Waals surface area contributed by atoms with Gasteiger partial charge in [0.25, 0.3) is 5.56 Å². The van der Waals surface area contributed by atoms with Crippen molar-refractivity contribution >= 4 is 0 Å². The number of aromatic nitrogens is 2. The molecule has 1 aromatic rings. The monoisotopic (exact) mass is 224 g/mol. The number of aromatic amines is 1. The molecule has 1 aliphatic carbocycles. The Hall–Kier alpha value is -1.52. The van der Waals surface area contributed by atoms with Gasteiger partial charge in [-0.05, 0) is 19.3 Å². The second kappa shape index (κ2) is 4.15. The van der Waals surface area contributed by atoms with E-state index in [0.29, 0.717) is 12.0 Å². The fourth-order valence-electron chi connectivity index (χ4n) is 2.40. The van der Waals surface area contributed by atoms with Crippen molar-refractivity contribution in [1.29, 1.82) is 0 Å². The minimum atomic E-state index is -0.494. The Kier molecular flexibility index (Phi) is 2.85. The number of aromatic hydroxyl groups is 1. The fourth-order valence-corrected chi connectivity index (χ4v) is 2.40. The zero-order chi connectivity index (χ0) is 11.7. The summed E-state index contributed by atoms with van der Waals surface area (Å²) in [7, 11) is 0. The molecule has 5 nitrogen and oxygen atoms in total. The number of H-pyrrole nitrogens is 1. The highest BCUT2D eigenvalue weighted by Gasteiger charge is 2.23. The van der Waals surface area contributed by atoms with Gasteiger partial charge >= 0.3 is 5.69 Å². The molecular weight excluding hydrogens is 208 g/mol. The Balaban J connectivity index is 2.60. The van der Waals surface area contributed by atoms with Crippen LogP contribution in [0.4, 0.5) is 0 Å². The maximum Gasteiger partial charge on any atom is 0.331 e. The molecule has 88 valence electrons. The number of nitrogens with zero attached hydrogens (tertiary/aromatic N) is 1. The summed E-state index contributed by atoms with van der Waals surface area (Å²) in [6.45, 7) is 1.79. The first-order valence-electron chi connectivity index (χ1n) is 5.71. The van der Waals surface area contributed by atoms with Gasteiger partial charge in [-0.15, -0.1) is 0 Å². The molecule has 0 amide bonds. The predicted octanol–water partition coefficient (Wildman–Crippen LogP) is 0.920. The van der Waals surface area contributed by atoms with E-state index < -0.39 is 11.2 Å². The molecule has 2 rings (SSSR count). The SMILES string of the molecule is CCc1c(O)n(C2CCCC2)c(=O)[nH]c1=O. The van der Waals surface area contributed by atoms with Crippen LogP contribution in [0.25, 0.3) is 0 Å². The van der Waals surface area contributed by atoms with Crippen LogP contribution in [0.1, 0.15) is 44.2 Å². The summed E-state index contributed by atoms with van der Waals surface area (Å²) < 4.78 is 1.34. The van der Waals surface area contributed by atoms with Crippen LogP contribution in [0.15, 0.2) is 9.59 Å². The largest absolute Gasteiger partial charge is 0.494 e. The van der Waals surface area contributed by atoms with Crippen molar-refractivity contribution in [3.05, 3.63) is 26.4 Å². The van der Waals surface area contributed by atoms with Gasteiger partial charge in [-0.3, -0.25) is 14.3 Å². The first-order valence-corrected chi connectivity index (χ1v) is 5.71. The van der Waals surface area contributed by atoms with Gasteiger partial charge in [0.05, 0.1) is 5.56 Å². The Bertz CT molecular complexity index is 495. The van der Waals surface area contributed by atoms with Crippen LogP contribution >= 0.6 is 0 Å². The summed E-state index contributed by atoms with van der Waals surface area (Å²) in [6, 6.07) is 0.0367. The van der Waals surface area contributed by atoms with Gasteiger partial charge < -0.3 is 5.11 Å². The normalized spacial score (nSPS) is 16.8. The lowest BCUT2D eigenvalue weighted by Crippen LogP contribution is -2.33. The van der Waals surface area contributed by atoms with Gasteiger partial charge in [-0.25, -0.2) is 4.79 Å². The third kappa shape index (κ3) is 1.66. The molecule has 5 heteroatoms.